The van der Waals surface area contributed by atoms with Crippen LogP contribution in [-0.4, -0.2) is 36.0 Å². The van der Waals surface area contributed by atoms with Gasteiger partial charge in [-0.1, -0.05) is 24.3 Å². The number of hydrogen-bond donors (Lipinski definition) is 1. The average Bonchev–Trinajstić information content (AvgIpc) is 2.70. The van der Waals surface area contributed by atoms with E-state index in [0.29, 0.717) is 17.9 Å². The SMILES string of the molecule is CC(C)(C)OC(C(=O)O)C1=C(c2ccc3c(c2)CCCO3)COc2ccccc21. The lowest BCUT2D eigenvalue weighted by Crippen LogP contribution is -2.35. The fourth-order valence-electron chi connectivity index (χ4n) is 3.88. The molecule has 29 heavy (non-hydrogen) atoms. The minimum Gasteiger partial charge on any atom is -0.493 e. The van der Waals surface area contributed by atoms with Gasteiger partial charge in [-0.3, -0.25) is 0 Å². The quantitative estimate of drug-likeness (QED) is 0.822. The molecule has 152 valence electrons. The van der Waals surface area contributed by atoms with Gasteiger partial charge < -0.3 is 19.3 Å². The minimum atomic E-state index is -1.10. The zero-order chi connectivity index (χ0) is 20.6. The third-order valence-electron chi connectivity index (χ3n) is 5.09. The Hall–Kier alpha value is -2.79. The molecule has 0 saturated carbocycles. The van der Waals surface area contributed by atoms with Crippen molar-refractivity contribution in [2.24, 2.45) is 0 Å². The second-order valence-corrected chi connectivity index (χ2v) is 8.40. The molecule has 0 aliphatic carbocycles. The van der Waals surface area contributed by atoms with E-state index in [2.05, 4.69) is 6.07 Å². The standard InChI is InChI=1S/C24H26O5/c1-24(2,3)29-22(23(25)26)21-17-8-4-5-9-20(17)28-14-18(21)15-10-11-19-16(13-15)7-6-12-27-19/h4-5,8-11,13,22H,6-7,12,14H2,1-3H3,(H,25,26). The Kier molecular flexibility index (Phi) is 5.09. The molecule has 1 atom stereocenters. The van der Waals surface area contributed by atoms with Gasteiger partial charge in [-0.15, -0.1) is 0 Å². The van der Waals surface area contributed by atoms with E-state index >= 15 is 0 Å². The van der Waals surface area contributed by atoms with Crippen LogP contribution in [0.25, 0.3) is 11.1 Å². The number of para-hydroxylation sites is 1. The lowest BCUT2D eigenvalue weighted by molar-refractivity contribution is -0.153. The van der Waals surface area contributed by atoms with E-state index in [9.17, 15) is 9.90 Å². The van der Waals surface area contributed by atoms with Crippen LogP contribution in [0.4, 0.5) is 0 Å². The first-order valence-electron chi connectivity index (χ1n) is 9.95. The van der Waals surface area contributed by atoms with Gasteiger partial charge >= 0.3 is 5.97 Å². The first-order valence-corrected chi connectivity index (χ1v) is 9.95. The molecule has 2 aliphatic rings. The summed E-state index contributed by atoms with van der Waals surface area (Å²) in [6, 6.07) is 13.6. The number of aryl methyl sites for hydroxylation is 1. The summed E-state index contributed by atoms with van der Waals surface area (Å²) < 4.78 is 17.7. The number of carboxylic acid groups (broad SMARTS) is 1. The fourth-order valence-corrected chi connectivity index (χ4v) is 3.88. The van der Waals surface area contributed by atoms with Crippen LogP contribution >= 0.6 is 0 Å². The summed E-state index contributed by atoms with van der Waals surface area (Å²) in [5, 5.41) is 10.1. The van der Waals surface area contributed by atoms with Crippen molar-refractivity contribution in [3.05, 3.63) is 59.2 Å². The summed E-state index contributed by atoms with van der Waals surface area (Å²) in [5.41, 5.74) is 3.74. The number of fused-ring (bicyclic) bond motifs is 2. The molecule has 0 amide bonds. The highest BCUT2D eigenvalue weighted by Gasteiger charge is 2.35. The molecule has 5 nitrogen and oxygen atoms in total. The molecule has 0 spiro atoms. The molecule has 4 rings (SSSR count). The number of hydrogen-bond acceptors (Lipinski definition) is 4. The molecule has 2 aromatic rings. The van der Waals surface area contributed by atoms with Gasteiger partial charge in [0.25, 0.3) is 0 Å². The van der Waals surface area contributed by atoms with Crippen LogP contribution in [0.1, 0.15) is 43.9 Å². The highest BCUT2D eigenvalue weighted by Crippen LogP contribution is 2.41. The van der Waals surface area contributed by atoms with Crippen molar-refractivity contribution in [1.29, 1.82) is 0 Å². The minimum absolute atomic E-state index is 0.295. The molecule has 1 unspecified atom stereocenters. The van der Waals surface area contributed by atoms with Crippen LogP contribution in [0.15, 0.2) is 42.5 Å². The number of rotatable bonds is 4. The molecule has 0 aromatic heterocycles. The van der Waals surface area contributed by atoms with Gasteiger partial charge in [-0.05, 0) is 62.9 Å². The Balaban J connectivity index is 1.90. The highest BCUT2D eigenvalue weighted by molar-refractivity contribution is 6.04. The van der Waals surface area contributed by atoms with Gasteiger partial charge in [-0.25, -0.2) is 4.79 Å². The first-order chi connectivity index (χ1) is 13.8. The fraction of sp³-hybridized carbons (Fsp3) is 0.375. The van der Waals surface area contributed by atoms with Gasteiger partial charge in [0.05, 0.1) is 12.2 Å². The normalized spacial score (nSPS) is 16.9. The second kappa shape index (κ2) is 7.56. The van der Waals surface area contributed by atoms with Crippen LogP contribution in [0, 0.1) is 0 Å². The maximum absolute atomic E-state index is 12.3. The van der Waals surface area contributed by atoms with E-state index in [-0.39, 0.29) is 0 Å². The average molecular weight is 394 g/mol. The molecule has 0 saturated heterocycles. The molecule has 0 fully saturated rings. The molecule has 2 heterocycles. The number of benzene rings is 2. The maximum atomic E-state index is 12.3. The second-order valence-electron chi connectivity index (χ2n) is 8.40. The van der Waals surface area contributed by atoms with E-state index in [4.69, 9.17) is 14.2 Å². The number of ether oxygens (including phenoxy) is 3. The van der Waals surface area contributed by atoms with E-state index in [1.807, 2.05) is 57.2 Å². The summed E-state index contributed by atoms with van der Waals surface area (Å²) in [5.74, 6) is 0.571. The van der Waals surface area contributed by atoms with E-state index in [1.165, 1.54) is 0 Å². The van der Waals surface area contributed by atoms with Crippen molar-refractivity contribution in [2.45, 2.75) is 45.3 Å². The third-order valence-corrected chi connectivity index (χ3v) is 5.09. The molecule has 1 N–H and O–H groups in total. The number of carboxylic acids is 1. The van der Waals surface area contributed by atoms with Crippen molar-refractivity contribution in [3.8, 4) is 11.5 Å². The Bertz CT molecular complexity index is 967. The maximum Gasteiger partial charge on any atom is 0.337 e. The van der Waals surface area contributed by atoms with Crippen LogP contribution in [0.5, 0.6) is 11.5 Å². The highest BCUT2D eigenvalue weighted by atomic mass is 16.5. The number of carbonyl (C=O) groups is 1. The van der Waals surface area contributed by atoms with E-state index in [1.54, 1.807) is 0 Å². The van der Waals surface area contributed by atoms with Gasteiger partial charge in [0, 0.05) is 16.7 Å². The zero-order valence-corrected chi connectivity index (χ0v) is 17.0. The van der Waals surface area contributed by atoms with E-state index < -0.39 is 17.7 Å². The lowest BCUT2D eigenvalue weighted by Gasteiger charge is -2.32. The predicted octanol–water partition coefficient (Wildman–Crippen LogP) is 4.58. The largest absolute Gasteiger partial charge is 0.493 e. The summed E-state index contributed by atoms with van der Waals surface area (Å²) >= 11 is 0. The van der Waals surface area contributed by atoms with Crippen molar-refractivity contribution >= 4 is 17.1 Å². The molecule has 2 aliphatic heterocycles. The monoisotopic (exact) mass is 394 g/mol. The summed E-state index contributed by atoms with van der Waals surface area (Å²) in [4.78, 5) is 12.3. The van der Waals surface area contributed by atoms with Crippen LogP contribution in [-0.2, 0) is 16.0 Å². The van der Waals surface area contributed by atoms with Crippen molar-refractivity contribution in [3.63, 3.8) is 0 Å². The van der Waals surface area contributed by atoms with Crippen LogP contribution in [0.2, 0.25) is 0 Å². The molecule has 2 aromatic carbocycles. The zero-order valence-electron chi connectivity index (χ0n) is 17.0. The predicted molar refractivity (Wildman–Crippen MR) is 111 cm³/mol. The molecule has 5 heteroatoms. The lowest BCUT2D eigenvalue weighted by atomic mass is 9.87. The topological polar surface area (TPSA) is 65.0 Å². The Labute approximate surface area is 170 Å². The molecular formula is C24H26O5. The molecule has 0 radical (unpaired) electrons. The van der Waals surface area contributed by atoms with Crippen LogP contribution in [0.3, 0.4) is 0 Å². The molecule has 0 bridgehead atoms. The smallest absolute Gasteiger partial charge is 0.337 e. The summed E-state index contributed by atoms with van der Waals surface area (Å²) in [7, 11) is 0. The van der Waals surface area contributed by atoms with Gasteiger partial charge in [0.15, 0.2) is 6.10 Å². The van der Waals surface area contributed by atoms with Crippen molar-refractivity contribution in [1.82, 2.24) is 0 Å². The van der Waals surface area contributed by atoms with Gasteiger partial charge in [0.1, 0.15) is 18.1 Å². The van der Waals surface area contributed by atoms with Crippen molar-refractivity contribution in [2.75, 3.05) is 13.2 Å². The Morgan fingerprint density at radius 2 is 1.90 bits per heavy atom. The van der Waals surface area contributed by atoms with Gasteiger partial charge in [-0.2, -0.15) is 0 Å². The van der Waals surface area contributed by atoms with E-state index in [0.717, 1.165) is 47.5 Å². The van der Waals surface area contributed by atoms with Crippen LogP contribution < -0.4 is 9.47 Å². The summed E-state index contributed by atoms with van der Waals surface area (Å²) in [6.07, 6.45) is 0.832. The third kappa shape index (κ3) is 4.01. The van der Waals surface area contributed by atoms with Crippen molar-refractivity contribution < 1.29 is 24.1 Å². The number of aliphatic carboxylic acids is 1. The Morgan fingerprint density at radius 1 is 1.10 bits per heavy atom. The summed E-state index contributed by atoms with van der Waals surface area (Å²) in [6.45, 7) is 6.63. The Morgan fingerprint density at radius 3 is 2.66 bits per heavy atom. The first kappa shape index (κ1) is 19.5. The molecular weight excluding hydrogens is 368 g/mol. The van der Waals surface area contributed by atoms with Gasteiger partial charge in [0.2, 0.25) is 0 Å².